The van der Waals surface area contributed by atoms with E-state index in [0.29, 0.717) is 12.0 Å². The second-order valence-electron chi connectivity index (χ2n) is 6.64. The van der Waals surface area contributed by atoms with Crippen molar-refractivity contribution in [3.8, 4) is 0 Å². The largest absolute Gasteiger partial charge is 0.481 e. The monoisotopic (exact) mass is 356 g/mol. The van der Waals surface area contributed by atoms with Crippen LogP contribution < -0.4 is 10.2 Å². The number of nitrogens with one attached hydrogen (secondary N) is 1. The van der Waals surface area contributed by atoms with Crippen molar-refractivity contribution >= 4 is 23.3 Å². The number of carboxylic acids is 1. The molecule has 0 aliphatic carbocycles. The van der Waals surface area contributed by atoms with E-state index in [-0.39, 0.29) is 30.2 Å². The molecule has 26 heavy (non-hydrogen) atoms. The number of amides is 1. The van der Waals surface area contributed by atoms with Crippen LogP contribution in [0.1, 0.15) is 37.4 Å². The van der Waals surface area contributed by atoms with Crippen molar-refractivity contribution in [2.75, 3.05) is 10.2 Å². The number of anilines is 2. The zero-order valence-corrected chi connectivity index (χ0v) is 14.7. The van der Waals surface area contributed by atoms with Crippen LogP contribution in [0.4, 0.5) is 15.8 Å². The highest BCUT2D eigenvalue weighted by atomic mass is 19.1. The number of carbonyl (C=O) groups is 2. The van der Waals surface area contributed by atoms with Gasteiger partial charge in [0.15, 0.2) is 0 Å². The molecule has 2 atom stereocenters. The Labute approximate surface area is 151 Å². The van der Waals surface area contributed by atoms with Crippen LogP contribution in [-0.4, -0.2) is 23.0 Å². The molecule has 2 unspecified atom stereocenters. The van der Waals surface area contributed by atoms with Crippen LogP contribution in [0.15, 0.2) is 42.5 Å². The summed E-state index contributed by atoms with van der Waals surface area (Å²) in [6, 6.07) is 11.5. The van der Waals surface area contributed by atoms with E-state index in [4.69, 9.17) is 5.11 Å². The Morgan fingerprint density at radius 2 is 1.92 bits per heavy atom. The van der Waals surface area contributed by atoms with Gasteiger partial charge in [-0.3, -0.25) is 9.59 Å². The summed E-state index contributed by atoms with van der Waals surface area (Å²) in [5, 5.41) is 12.2. The maximum Gasteiger partial charge on any atom is 0.307 e. The van der Waals surface area contributed by atoms with E-state index in [1.165, 1.54) is 19.1 Å². The van der Waals surface area contributed by atoms with Crippen molar-refractivity contribution in [1.29, 1.82) is 0 Å². The minimum absolute atomic E-state index is 0.0192. The summed E-state index contributed by atoms with van der Waals surface area (Å²) in [6.07, 6.45) is 0.620. The summed E-state index contributed by atoms with van der Waals surface area (Å²) in [5.41, 5.74) is 3.00. The first kappa shape index (κ1) is 17.9. The van der Waals surface area contributed by atoms with Crippen molar-refractivity contribution < 1.29 is 19.1 Å². The summed E-state index contributed by atoms with van der Waals surface area (Å²) in [7, 11) is 0. The number of hydrogen-bond donors (Lipinski definition) is 2. The quantitative estimate of drug-likeness (QED) is 0.875. The number of rotatable bonds is 4. The number of halogens is 1. The Hall–Kier alpha value is -2.89. The fourth-order valence-electron chi connectivity index (χ4n) is 3.55. The van der Waals surface area contributed by atoms with Gasteiger partial charge in [-0.2, -0.15) is 0 Å². The van der Waals surface area contributed by atoms with Gasteiger partial charge in [-0.25, -0.2) is 4.39 Å². The summed E-state index contributed by atoms with van der Waals surface area (Å²) in [6.45, 7) is 3.48. The molecule has 2 aromatic rings. The SMILES string of the molecule is CC(=O)N1c2ccc(F)cc2C(Nc2ccc(CC(=O)O)cc2)CC1C. The van der Waals surface area contributed by atoms with Crippen LogP contribution in [0.25, 0.3) is 0 Å². The third-order valence-electron chi connectivity index (χ3n) is 4.63. The minimum Gasteiger partial charge on any atom is -0.481 e. The van der Waals surface area contributed by atoms with Gasteiger partial charge in [0.25, 0.3) is 0 Å². The highest BCUT2D eigenvalue weighted by Crippen LogP contribution is 2.39. The first-order valence-electron chi connectivity index (χ1n) is 8.51. The zero-order chi connectivity index (χ0) is 18.8. The molecule has 0 aromatic heterocycles. The van der Waals surface area contributed by atoms with Crippen LogP contribution >= 0.6 is 0 Å². The fraction of sp³-hybridized carbons (Fsp3) is 0.300. The second kappa shape index (κ2) is 7.15. The van der Waals surface area contributed by atoms with Crippen molar-refractivity contribution in [3.05, 3.63) is 59.4 Å². The van der Waals surface area contributed by atoms with E-state index in [1.54, 1.807) is 23.1 Å². The van der Waals surface area contributed by atoms with Crippen LogP contribution in [-0.2, 0) is 16.0 Å². The van der Waals surface area contributed by atoms with Gasteiger partial charge in [0, 0.05) is 29.9 Å². The van der Waals surface area contributed by atoms with Crippen LogP contribution in [0.3, 0.4) is 0 Å². The molecule has 1 heterocycles. The Balaban J connectivity index is 1.88. The van der Waals surface area contributed by atoms with Crippen molar-refractivity contribution in [2.45, 2.75) is 38.8 Å². The number of fused-ring (bicyclic) bond motifs is 1. The predicted molar refractivity (Wildman–Crippen MR) is 97.8 cm³/mol. The van der Waals surface area contributed by atoms with Gasteiger partial charge >= 0.3 is 5.97 Å². The lowest BCUT2D eigenvalue weighted by molar-refractivity contribution is -0.136. The smallest absolute Gasteiger partial charge is 0.307 e. The predicted octanol–water partition coefficient (Wildman–Crippen LogP) is 3.75. The molecule has 1 aliphatic heterocycles. The molecular formula is C20H21FN2O3. The number of benzene rings is 2. The number of carboxylic acid groups (broad SMARTS) is 1. The first-order valence-corrected chi connectivity index (χ1v) is 8.51. The van der Waals surface area contributed by atoms with Gasteiger partial charge in [-0.1, -0.05) is 12.1 Å². The molecule has 0 radical (unpaired) electrons. The molecule has 1 aliphatic rings. The lowest BCUT2D eigenvalue weighted by Gasteiger charge is -2.39. The summed E-state index contributed by atoms with van der Waals surface area (Å²) < 4.78 is 13.8. The van der Waals surface area contributed by atoms with Crippen molar-refractivity contribution in [3.63, 3.8) is 0 Å². The van der Waals surface area contributed by atoms with Gasteiger partial charge in [-0.05, 0) is 49.2 Å². The van der Waals surface area contributed by atoms with Gasteiger partial charge < -0.3 is 15.3 Å². The molecule has 136 valence electrons. The lowest BCUT2D eigenvalue weighted by atomic mass is 9.91. The van der Waals surface area contributed by atoms with Gasteiger partial charge in [-0.15, -0.1) is 0 Å². The third-order valence-corrected chi connectivity index (χ3v) is 4.63. The maximum absolute atomic E-state index is 13.8. The molecular weight excluding hydrogens is 335 g/mol. The number of aliphatic carboxylic acids is 1. The van der Waals surface area contributed by atoms with E-state index in [1.807, 2.05) is 19.1 Å². The van der Waals surface area contributed by atoms with E-state index in [0.717, 1.165) is 16.9 Å². The zero-order valence-electron chi connectivity index (χ0n) is 14.7. The molecule has 0 fully saturated rings. The molecule has 6 heteroatoms. The highest BCUT2D eigenvalue weighted by Gasteiger charge is 2.32. The normalized spacial score (nSPS) is 19.0. The number of nitrogens with zero attached hydrogens (tertiary/aromatic N) is 1. The van der Waals surface area contributed by atoms with Gasteiger partial charge in [0.05, 0.1) is 12.5 Å². The van der Waals surface area contributed by atoms with E-state index in [2.05, 4.69) is 5.32 Å². The number of hydrogen-bond acceptors (Lipinski definition) is 3. The number of carbonyl (C=O) groups excluding carboxylic acids is 1. The average molecular weight is 356 g/mol. The Kier molecular flexibility index (Phi) is 4.93. The molecule has 0 saturated heterocycles. The Morgan fingerprint density at radius 1 is 1.23 bits per heavy atom. The lowest BCUT2D eigenvalue weighted by Crippen LogP contribution is -2.43. The first-order chi connectivity index (χ1) is 12.3. The topological polar surface area (TPSA) is 69.6 Å². The van der Waals surface area contributed by atoms with E-state index < -0.39 is 5.97 Å². The summed E-state index contributed by atoms with van der Waals surface area (Å²) in [5.74, 6) is -1.28. The molecule has 0 spiro atoms. The highest BCUT2D eigenvalue weighted by molar-refractivity contribution is 5.93. The minimum atomic E-state index is -0.874. The standard InChI is InChI=1S/C20H21FN2O3/c1-12-9-18(22-16-6-3-14(4-7-16)10-20(25)26)17-11-15(21)5-8-19(17)23(12)13(2)24/h3-8,11-12,18,22H,9-10H2,1-2H3,(H,25,26). The Bertz CT molecular complexity index is 835. The molecule has 3 rings (SSSR count). The Morgan fingerprint density at radius 3 is 2.54 bits per heavy atom. The molecule has 2 N–H and O–H groups in total. The summed E-state index contributed by atoms with van der Waals surface area (Å²) >= 11 is 0. The molecule has 0 saturated carbocycles. The maximum atomic E-state index is 13.8. The molecule has 0 bridgehead atoms. The molecule has 1 amide bonds. The van der Waals surface area contributed by atoms with Crippen molar-refractivity contribution in [1.82, 2.24) is 0 Å². The van der Waals surface area contributed by atoms with Crippen molar-refractivity contribution in [2.24, 2.45) is 0 Å². The van der Waals surface area contributed by atoms with Crippen LogP contribution in [0, 0.1) is 5.82 Å². The molecule has 5 nitrogen and oxygen atoms in total. The van der Waals surface area contributed by atoms with Crippen LogP contribution in [0.2, 0.25) is 0 Å². The molecule has 2 aromatic carbocycles. The fourth-order valence-corrected chi connectivity index (χ4v) is 3.55. The van der Waals surface area contributed by atoms with E-state index in [9.17, 15) is 14.0 Å². The van der Waals surface area contributed by atoms with Gasteiger partial charge in [0.2, 0.25) is 5.91 Å². The summed E-state index contributed by atoms with van der Waals surface area (Å²) in [4.78, 5) is 24.5. The second-order valence-corrected chi connectivity index (χ2v) is 6.64. The van der Waals surface area contributed by atoms with E-state index >= 15 is 0 Å². The third kappa shape index (κ3) is 3.69. The van der Waals surface area contributed by atoms with Gasteiger partial charge in [0.1, 0.15) is 5.82 Å². The average Bonchev–Trinajstić information content (AvgIpc) is 2.56. The van der Waals surface area contributed by atoms with Crippen LogP contribution in [0.5, 0.6) is 0 Å².